The summed E-state index contributed by atoms with van der Waals surface area (Å²) in [6.45, 7) is 2.85. The minimum atomic E-state index is -2.91. The van der Waals surface area contributed by atoms with Crippen molar-refractivity contribution in [2.75, 3.05) is 20.1 Å². The number of halogens is 4. The Morgan fingerprint density at radius 3 is 2.48 bits per heavy atom. The molecule has 0 saturated carbocycles. The summed E-state index contributed by atoms with van der Waals surface area (Å²) in [4.78, 5) is 18.7. The fourth-order valence-electron chi connectivity index (χ4n) is 3.60. The Labute approximate surface area is 205 Å². The summed E-state index contributed by atoms with van der Waals surface area (Å²) in [5.41, 5.74) is 0.510. The van der Waals surface area contributed by atoms with E-state index in [2.05, 4.69) is 20.4 Å². The lowest BCUT2D eigenvalue weighted by Gasteiger charge is -2.34. The van der Waals surface area contributed by atoms with Crippen molar-refractivity contribution in [3.63, 3.8) is 0 Å². The standard InChI is InChI=1S/C21H31ClF2N4O2.HI/c1-4-14(5-2)19(29)28-10-8-17(9-11-28)27-21(25-3)26-13-15-12-16(22)6-7-18(15)30-20(23)24;/h6-7,12,14,17,20H,4-5,8-11,13H2,1-3H3,(H2,25,26,27);1H. The van der Waals surface area contributed by atoms with Crippen LogP contribution in [0.15, 0.2) is 23.2 Å². The zero-order chi connectivity index (χ0) is 22.1. The van der Waals surface area contributed by atoms with Gasteiger partial charge in [0.05, 0.1) is 0 Å². The number of nitrogens with zero attached hydrogens (tertiary/aromatic N) is 2. The third-order valence-electron chi connectivity index (χ3n) is 5.39. The van der Waals surface area contributed by atoms with E-state index in [1.807, 2.05) is 18.7 Å². The van der Waals surface area contributed by atoms with Crippen LogP contribution in [0, 0.1) is 5.92 Å². The van der Waals surface area contributed by atoms with Crippen LogP contribution >= 0.6 is 35.6 Å². The highest BCUT2D eigenvalue weighted by Gasteiger charge is 2.26. The molecule has 0 spiro atoms. The first-order valence-corrected chi connectivity index (χ1v) is 10.7. The molecule has 1 aromatic carbocycles. The lowest BCUT2D eigenvalue weighted by molar-refractivity contribution is -0.136. The van der Waals surface area contributed by atoms with Crippen molar-refractivity contribution in [2.24, 2.45) is 10.9 Å². The molecule has 1 fully saturated rings. The van der Waals surface area contributed by atoms with Crippen molar-refractivity contribution in [3.05, 3.63) is 28.8 Å². The maximum absolute atomic E-state index is 12.6. The number of amides is 1. The first kappa shape index (κ1) is 27.7. The number of guanidine groups is 1. The van der Waals surface area contributed by atoms with E-state index < -0.39 is 6.61 Å². The molecule has 0 bridgehead atoms. The molecule has 0 aromatic heterocycles. The number of ether oxygens (including phenoxy) is 1. The summed E-state index contributed by atoms with van der Waals surface area (Å²) in [6.07, 6.45) is 3.38. The normalized spacial score (nSPS) is 15.1. The van der Waals surface area contributed by atoms with Crippen LogP contribution in [-0.2, 0) is 11.3 Å². The molecule has 1 aromatic rings. The Bertz CT molecular complexity index is 727. The summed E-state index contributed by atoms with van der Waals surface area (Å²) in [7, 11) is 1.65. The van der Waals surface area contributed by atoms with Gasteiger partial charge in [-0.05, 0) is 43.9 Å². The molecule has 0 unspecified atom stereocenters. The molecule has 176 valence electrons. The van der Waals surface area contributed by atoms with Gasteiger partial charge in [0.2, 0.25) is 5.91 Å². The second-order valence-electron chi connectivity index (χ2n) is 7.31. The molecule has 1 saturated heterocycles. The first-order chi connectivity index (χ1) is 14.4. The van der Waals surface area contributed by atoms with Crippen molar-refractivity contribution in [3.8, 4) is 5.75 Å². The molecule has 31 heavy (non-hydrogen) atoms. The zero-order valence-electron chi connectivity index (χ0n) is 18.2. The first-order valence-electron chi connectivity index (χ1n) is 10.4. The maximum Gasteiger partial charge on any atom is 0.387 e. The molecule has 1 heterocycles. The fraction of sp³-hybridized carbons (Fsp3) is 0.619. The van der Waals surface area contributed by atoms with E-state index in [0.717, 1.165) is 25.7 Å². The number of hydrogen-bond acceptors (Lipinski definition) is 3. The Hall–Kier alpha value is -1.36. The molecule has 1 amide bonds. The van der Waals surface area contributed by atoms with Gasteiger partial charge >= 0.3 is 6.61 Å². The molecule has 1 aliphatic heterocycles. The van der Waals surface area contributed by atoms with Crippen LogP contribution in [0.1, 0.15) is 45.1 Å². The number of piperidine rings is 1. The summed E-state index contributed by atoms with van der Waals surface area (Å²) >= 11 is 5.99. The summed E-state index contributed by atoms with van der Waals surface area (Å²) in [5, 5.41) is 6.90. The van der Waals surface area contributed by atoms with Gasteiger partial charge in [-0.15, -0.1) is 24.0 Å². The number of benzene rings is 1. The topological polar surface area (TPSA) is 66.0 Å². The van der Waals surface area contributed by atoms with Crippen LogP contribution in [0.4, 0.5) is 8.78 Å². The number of alkyl halides is 2. The molecular formula is C21H32ClF2IN4O2. The average Bonchev–Trinajstić information content (AvgIpc) is 2.73. The zero-order valence-corrected chi connectivity index (χ0v) is 21.3. The van der Waals surface area contributed by atoms with Gasteiger partial charge < -0.3 is 20.3 Å². The molecule has 2 rings (SSSR count). The minimum absolute atomic E-state index is 0. The molecule has 1 aliphatic rings. The summed E-state index contributed by atoms with van der Waals surface area (Å²) < 4.78 is 29.8. The van der Waals surface area contributed by atoms with E-state index in [1.54, 1.807) is 13.1 Å². The Morgan fingerprint density at radius 2 is 1.94 bits per heavy atom. The molecule has 6 nitrogen and oxygen atoms in total. The van der Waals surface area contributed by atoms with E-state index in [0.29, 0.717) is 29.6 Å². The largest absolute Gasteiger partial charge is 0.434 e. The number of likely N-dealkylation sites (tertiary alicyclic amines) is 1. The predicted molar refractivity (Wildman–Crippen MR) is 131 cm³/mol. The molecule has 0 radical (unpaired) electrons. The van der Waals surface area contributed by atoms with Crippen LogP contribution in [0.5, 0.6) is 5.75 Å². The van der Waals surface area contributed by atoms with Gasteiger partial charge in [0.1, 0.15) is 5.75 Å². The number of rotatable bonds is 8. The van der Waals surface area contributed by atoms with Gasteiger partial charge in [-0.25, -0.2) is 0 Å². The highest BCUT2D eigenvalue weighted by Crippen LogP contribution is 2.24. The van der Waals surface area contributed by atoms with Gasteiger partial charge in [0.25, 0.3) is 0 Å². The van der Waals surface area contributed by atoms with Gasteiger partial charge in [0.15, 0.2) is 5.96 Å². The van der Waals surface area contributed by atoms with Gasteiger partial charge in [-0.2, -0.15) is 8.78 Å². The van der Waals surface area contributed by atoms with Crippen LogP contribution in [0.2, 0.25) is 5.02 Å². The van der Waals surface area contributed by atoms with Gasteiger partial charge in [0, 0.05) is 49.2 Å². The van der Waals surface area contributed by atoms with Crippen molar-refractivity contribution in [1.82, 2.24) is 15.5 Å². The van der Waals surface area contributed by atoms with Crippen LogP contribution < -0.4 is 15.4 Å². The number of aliphatic imine (C=N–C) groups is 1. The van der Waals surface area contributed by atoms with Crippen molar-refractivity contribution >= 4 is 47.4 Å². The lowest BCUT2D eigenvalue weighted by Crippen LogP contribution is -2.50. The van der Waals surface area contributed by atoms with Crippen LogP contribution in [-0.4, -0.2) is 49.6 Å². The second-order valence-corrected chi connectivity index (χ2v) is 7.75. The van der Waals surface area contributed by atoms with Crippen molar-refractivity contribution in [1.29, 1.82) is 0 Å². The quantitative estimate of drug-likeness (QED) is 0.270. The molecule has 0 atom stereocenters. The lowest BCUT2D eigenvalue weighted by atomic mass is 9.98. The highest BCUT2D eigenvalue weighted by atomic mass is 127. The molecule has 0 aliphatic carbocycles. The third-order valence-corrected chi connectivity index (χ3v) is 5.63. The molecule has 2 N–H and O–H groups in total. The summed E-state index contributed by atoms with van der Waals surface area (Å²) in [6, 6.07) is 4.70. The van der Waals surface area contributed by atoms with Gasteiger partial charge in [-0.3, -0.25) is 9.79 Å². The van der Waals surface area contributed by atoms with Crippen molar-refractivity contribution in [2.45, 2.75) is 58.7 Å². The van der Waals surface area contributed by atoms with Gasteiger partial charge in [-0.1, -0.05) is 25.4 Å². The van der Waals surface area contributed by atoms with Crippen LogP contribution in [0.25, 0.3) is 0 Å². The third kappa shape index (κ3) is 8.59. The maximum atomic E-state index is 12.6. The fourth-order valence-corrected chi connectivity index (χ4v) is 3.80. The number of hydrogen-bond donors (Lipinski definition) is 2. The number of nitrogens with one attached hydrogen (secondary N) is 2. The summed E-state index contributed by atoms with van der Waals surface area (Å²) in [5.74, 6) is 0.980. The Morgan fingerprint density at radius 1 is 1.29 bits per heavy atom. The Kier molecular flexibility index (Phi) is 12.4. The smallest absolute Gasteiger partial charge is 0.387 e. The van der Waals surface area contributed by atoms with E-state index in [4.69, 9.17) is 11.6 Å². The van der Waals surface area contributed by atoms with E-state index in [1.165, 1.54) is 12.1 Å². The predicted octanol–water partition coefficient (Wildman–Crippen LogP) is 4.65. The van der Waals surface area contributed by atoms with E-state index in [9.17, 15) is 13.6 Å². The molecule has 10 heteroatoms. The second kappa shape index (κ2) is 13.9. The Balaban J connectivity index is 0.00000480. The number of carbonyl (C=O) groups is 1. The molecular weight excluding hydrogens is 541 g/mol. The van der Waals surface area contributed by atoms with E-state index in [-0.39, 0.29) is 54.1 Å². The van der Waals surface area contributed by atoms with Crippen LogP contribution in [0.3, 0.4) is 0 Å². The van der Waals surface area contributed by atoms with Crippen molar-refractivity contribution < 1.29 is 18.3 Å². The average molecular weight is 573 g/mol. The number of carbonyl (C=O) groups excluding carboxylic acids is 1. The highest BCUT2D eigenvalue weighted by molar-refractivity contribution is 14.0. The monoisotopic (exact) mass is 572 g/mol. The SMILES string of the molecule is CCC(CC)C(=O)N1CCC(NC(=NC)NCc2cc(Cl)ccc2OC(F)F)CC1.I. The van der Waals surface area contributed by atoms with E-state index >= 15 is 0 Å². The minimum Gasteiger partial charge on any atom is -0.434 e.